The molecule has 1 heterocycles. The monoisotopic (exact) mass is 281 g/mol. The van der Waals surface area contributed by atoms with Gasteiger partial charge in [-0.3, -0.25) is 4.79 Å². The average Bonchev–Trinajstić information content (AvgIpc) is 2.76. The van der Waals surface area contributed by atoms with E-state index in [9.17, 15) is 9.18 Å². The molecule has 0 atom stereocenters. The molecule has 0 bridgehead atoms. The standard InChI is InChI=1S/C18H16FNO/c1-11(2)13-5-3-12(4-6-13)9-16-15-10-14(19)7-8-17(15)20-18(16)21/h3-11H,1-2H3,(H,20,21)/b16-9-. The Morgan fingerprint density at radius 2 is 1.81 bits per heavy atom. The number of halogens is 1. The van der Waals surface area contributed by atoms with Crippen LogP contribution in [-0.2, 0) is 4.79 Å². The zero-order valence-electron chi connectivity index (χ0n) is 12.0. The van der Waals surface area contributed by atoms with E-state index in [2.05, 4.69) is 31.3 Å². The van der Waals surface area contributed by atoms with Gasteiger partial charge in [0.25, 0.3) is 5.91 Å². The molecule has 3 heteroatoms. The van der Waals surface area contributed by atoms with Crippen LogP contribution in [0.2, 0.25) is 0 Å². The van der Waals surface area contributed by atoms with Crippen molar-refractivity contribution in [2.75, 3.05) is 5.32 Å². The fourth-order valence-corrected chi connectivity index (χ4v) is 2.45. The first-order chi connectivity index (χ1) is 10.0. The van der Waals surface area contributed by atoms with Crippen molar-refractivity contribution in [1.29, 1.82) is 0 Å². The Balaban J connectivity index is 2.00. The molecule has 21 heavy (non-hydrogen) atoms. The van der Waals surface area contributed by atoms with E-state index in [-0.39, 0.29) is 11.7 Å². The maximum absolute atomic E-state index is 13.4. The van der Waals surface area contributed by atoms with Gasteiger partial charge in [-0.1, -0.05) is 38.1 Å². The molecule has 2 nitrogen and oxygen atoms in total. The van der Waals surface area contributed by atoms with Gasteiger partial charge in [0.05, 0.1) is 0 Å². The molecule has 2 aromatic carbocycles. The van der Waals surface area contributed by atoms with Crippen LogP contribution in [0, 0.1) is 5.82 Å². The predicted molar refractivity (Wildman–Crippen MR) is 83.4 cm³/mol. The number of carbonyl (C=O) groups excluding carboxylic acids is 1. The van der Waals surface area contributed by atoms with Gasteiger partial charge in [0, 0.05) is 16.8 Å². The molecule has 1 aliphatic heterocycles. The van der Waals surface area contributed by atoms with E-state index in [1.54, 1.807) is 12.1 Å². The Hall–Kier alpha value is -2.42. The minimum atomic E-state index is -0.341. The Labute approximate surface area is 123 Å². The lowest BCUT2D eigenvalue weighted by Gasteiger charge is -2.05. The van der Waals surface area contributed by atoms with Crippen molar-refractivity contribution < 1.29 is 9.18 Å². The van der Waals surface area contributed by atoms with E-state index in [0.717, 1.165) is 5.56 Å². The second kappa shape index (κ2) is 5.17. The summed E-state index contributed by atoms with van der Waals surface area (Å²) in [6, 6.07) is 12.4. The number of hydrogen-bond acceptors (Lipinski definition) is 1. The van der Waals surface area contributed by atoms with Gasteiger partial charge in [-0.25, -0.2) is 4.39 Å². The molecule has 1 aliphatic rings. The first-order valence-corrected chi connectivity index (χ1v) is 6.97. The zero-order valence-corrected chi connectivity index (χ0v) is 12.0. The molecule has 0 saturated heterocycles. The highest BCUT2D eigenvalue weighted by Crippen LogP contribution is 2.33. The largest absolute Gasteiger partial charge is 0.321 e. The summed E-state index contributed by atoms with van der Waals surface area (Å²) in [4.78, 5) is 12.0. The van der Waals surface area contributed by atoms with Crippen LogP contribution in [0.25, 0.3) is 11.6 Å². The average molecular weight is 281 g/mol. The molecule has 0 saturated carbocycles. The molecular weight excluding hydrogens is 265 g/mol. The number of rotatable bonds is 2. The number of fused-ring (bicyclic) bond motifs is 1. The maximum Gasteiger partial charge on any atom is 0.256 e. The number of hydrogen-bond donors (Lipinski definition) is 1. The highest BCUT2D eigenvalue weighted by Gasteiger charge is 2.24. The van der Waals surface area contributed by atoms with Crippen molar-refractivity contribution >= 4 is 23.2 Å². The molecule has 1 amide bonds. The highest BCUT2D eigenvalue weighted by molar-refractivity contribution is 6.34. The molecule has 0 aromatic heterocycles. The second-order valence-electron chi connectivity index (χ2n) is 5.52. The molecular formula is C18H16FNO. The fraction of sp³-hybridized carbons (Fsp3) is 0.167. The Morgan fingerprint density at radius 1 is 1.10 bits per heavy atom. The zero-order chi connectivity index (χ0) is 15.0. The van der Waals surface area contributed by atoms with Gasteiger partial charge in [-0.2, -0.15) is 0 Å². The van der Waals surface area contributed by atoms with E-state index in [0.29, 0.717) is 22.7 Å². The predicted octanol–water partition coefficient (Wildman–Crippen LogP) is 4.44. The third-order valence-corrected chi connectivity index (χ3v) is 3.68. The van der Waals surface area contributed by atoms with Gasteiger partial charge in [0.2, 0.25) is 0 Å². The summed E-state index contributed by atoms with van der Waals surface area (Å²) in [6.07, 6.45) is 1.80. The van der Waals surface area contributed by atoms with Crippen molar-refractivity contribution in [3.63, 3.8) is 0 Å². The van der Waals surface area contributed by atoms with Gasteiger partial charge in [-0.15, -0.1) is 0 Å². The van der Waals surface area contributed by atoms with Crippen molar-refractivity contribution in [2.24, 2.45) is 0 Å². The Morgan fingerprint density at radius 3 is 2.48 bits per heavy atom. The van der Waals surface area contributed by atoms with Crippen LogP contribution in [0.3, 0.4) is 0 Å². The van der Waals surface area contributed by atoms with Crippen LogP contribution in [0.5, 0.6) is 0 Å². The molecule has 2 aromatic rings. The van der Waals surface area contributed by atoms with E-state index < -0.39 is 0 Å². The highest BCUT2D eigenvalue weighted by atomic mass is 19.1. The summed E-state index contributed by atoms with van der Waals surface area (Å²) in [7, 11) is 0. The topological polar surface area (TPSA) is 29.1 Å². The van der Waals surface area contributed by atoms with Gasteiger partial charge >= 0.3 is 0 Å². The lowest BCUT2D eigenvalue weighted by Crippen LogP contribution is -2.03. The SMILES string of the molecule is CC(C)c1ccc(/C=C2\C(=O)Nc3ccc(F)cc32)cc1. The fourth-order valence-electron chi connectivity index (χ4n) is 2.45. The van der Waals surface area contributed by atoms with Crippen LogP contribution < -0.4 is 5.32 Å². The number of nitrogens with one attached hydrogen (secondary N) is 1. The molecule has 0 aliphatic carbocycles. The number of benzene rings is 2. The van der Waals surface area contributed by atoms with Crippen LogP contribution in [0.15, 0.2) is 42.5 Å². The van der Waals surface area contributed by atoms with E-state index in [1.807, 2.05) is 12.1 Å². The number of carbonyl (C=O) groups is 1. The minimum absolute atomic E-state index is 0.191. The molecule has 106 valence electrons. The third kappa shape index (κ3) is 2.59. The maximum atomic E-state index is 13.4. The summed E-state index contributed by atoms with van der Waals surface area (Å²) in [6.45, 7) is 4.27. The van der Waals surface area contributed by atoms with Crippen molar-refractivity contribution in [3.05, 3.63) is 65.0 Å². The lowest BCUT2D eigenvalue weighted by molar-refractivity contribution is -0.110. The summed E-state index contributed by atoms with van der Waals surface area (Å²) in [5.41, 5.74) is 3.96. The van der Waals surface area contributed by atoms with E-state index in [1.165, 1.54) is 17.7 Å². The molecule has 1 N–H and O–H groups in total. The van der Waals surface area contributed by atoms with Gasteiger partial charge in [0.1, 0.15) is 5.82 Å². The molecule has 3 rings (SSSR count). The lowest BCUT2D eigenvalue weighted by atomic mass is 9.99. The summed E-state index contributed by atoms with van der Waals surface area (Å²) in [5, 5.41) is 2.75. The minimum Gasteiger partial charge on any atom is -0.321 e. The van der Waals surface area contributed by atoms with Crippen LogP contribution >= 0.6 is 0 Å². The number of anilines is 1. The summed E-state index contributed by atoms with van der Waals surface area (Å²) in [5.74, 6) is -0.0638. The molecule has 0 radical (unpaired) electrons. The molecule has 0 unspecified atom stereocenters. The third-order valence-electron chi connectivity index (χ3n) is 3.68. The Kier molecular flexibility index (Phi) is 3.34. The molecule has 0 fully saturated rings. The van der Waals surface area contributed by atoms with Crippen LogP contribution in [0.4, 0.5) is 10.1 Å². The van der Waals surface area contributed by atoms with E-state index >= 15 is 0 Å². The first-order valence-electron chi connectivity index (χ1n) is 6.97. The molecule has 0 spiro atoms. The van der Waals surface area contributed by atoms with Crippen molar-refractivity contribution in [2.45, 2.75) is 19.8 Å². The Bertz CT molecular complexity index is 729. The van der Waals surface area contributed by atoms with E-state index in [4.69, 9.17) is 0 Å². The first kappa shape index (κ1) is 13.6. The van der Waals surface area contributed by atoms with Crippen molar-refractivity contribution in [1.82, 2.24) is 0 Å². The summed E-state index contributed by atoms with van der Waals surface area (Å²) < 4.78 is 13.4. The van der Waals surface area contributed by atoms with Crippen LogP contribution in [0.1, 0.15) is 36.5 Å². The van der Waals surface area contributed by atoms with Crippen molar-refractivity contribution in [3.8, 4) is 0 Å². The normalized spacial score (nSPS) is 15.4. The van der Waals surface area contributed by atoms with Gasteiger partial charge in [-0.05, 0) is 41.3 Å². The van der Waals surface area contributed by atoms with Crippen LogP contribution in [-0.4, -0.2) is 5.91 Å². The summed E-state index contributed by atoms with van der Waals surface area (Å²) >= 11 is 0. The smallest absolute Gasteiger partial charge is 0.256 e. The van der Waals surface area contributed by atoms with Gasteiger partial charge in [0.15, 0.2) is 0 Å². The van der Waals surface area contributed by atoms with Gasteiger partial charge < -0.3 is 5.32 Å². The quantitative estimate of drug-likeness (QED) is 0.810. The second-order valence-corrected chi connectivity index (χ2v) is 5.52. The number of amides is 1.